The van der Waals surface area contributed by atoms with Crippen molar-refractivity contribution in [2.75, 3.05) is 6.54 Å². The monoisotopic (exact) mass is 369 g/mol. The predicted molar refractivity (Wildman–Crippen MR) is 88.4 cm³/mol. The zero-order valence-corrected chi connectivity index (χ0v) is 14.4. The summed E-state index contributed by atoms with van der Waals surface area (Å²) in [4.78, 5) is 0.0156. The van der Waals surface area contributed by atoms with E-state index in [0.717, 1.165) is 9.87 Å². The van der Waals surface area contributed by atoms with Crippen LogP contribution in [0.5, 0.6) is 0 Å². The van der Waals surface area contributed by atoms with Gasteiger partial charge in [-0.05, 0) is 31.0 Å². The summed E-state index contributed by atoms with van der Waals surface area (Å²) < 4.78 is 66.6. The highest BCUT2D eigenvalue weighted by molar-refractivity contribution is 7.89. The molecule has 2 aromatic carbocycles. The van der Waals surface area contributed by atoms with Gasteiger partial charge in [0.05, 0.1) is 16.9 Å². The number of aryl methyl sites for hydroxylation is 1. The van der Waals surface area contributed by atoms with E-state index in [4.69, 9.17) is 0 Å². The fourth-order valence-corrected chi connectivity index (χ4v) is 4.80. The van der Waals surface area contributed by atoms with Crippen LogP contribution >= 0.6 is 0 Å². The molecule has 0 spiro atoms. The first-order valence-electron chi connectivity index (χ1n) is 7.90. The third-order valence-electron chi connectivity index (χ3n) is 4.53. The molecule has 1 saturated heterocycles. The first kappa shape index (κ1) is 17.9. The quantitative estimate of drug-likeness (QED) is 0.809. The molecule has 0 aliphatic carbocycles. The number of sulfonamides is 1. The van der Waals surface area contributed by atoms with Crippen molar-refractivity contribution >= 4 is 10.0 Å². The average Bonchev–Trinajstić information content (AvgIpc) is 3.02. The van der Waals surface area contributed by atoms with E-state index >= 15 is 0 Å². The van der Waals surface area contributed by atoms with Gasteiger partial charge in [0.25, 0.3) is 0 Å². The number of rotatable bonds is 3. The Balaban J connectivity index is 2.02. The predicted octanol–water partition coefficient (Wildman–Crippen LogP) is 4.31. The molecule has 7 heteroatoms. The molecule has 1 aliphatic rings. The minimum atomic E-state index is -4.43. The van der Waals surface area contributed by atoms with Crippen LogP contribution in [0.15, 0.2) is 59.5 Å². The number of alkyl halides is 3. The average molecular weight is 369 g/mol. The molecule has 1 heterocycles. The molecule has 1 fully saturated rings. The van der Waals surface area contributed by atoms with Crippen molar-refractivity contribution in [3.63, 3.8) is 0 Å². The Hall–Kier alpha value is -1.86. The van der Waals surface area contributed by atoms with E-state index in [1.807, 2.05) is 6.92 Å². The maximum Gasteiger partial charge on any atom is 0.393 e. The standard InChI is InChI=1S/C18H18F3NO2S/c1-13-7-9-16(10-8-13)25(23,24)22-12-15(18(19,20)21)11-17(22)14-5-3-2-4-6-14/h2-10,15,17H,11-12H2,1H3. The number of nitrogens with zero attached hydrogens (tertiary/aromatic N) is 1. The van der Waals surface area contributed by atoms with E-state index < -0.39 is 34.7 Å². The molecule has 3 rings (SSSR count). The van der Waals surface area contributed by atoms with Crippen LogP contribution in [-0.4, -0.2) is 25.4 Å². The molecule has 0 aromatic heterocycles. The highest BCUT2D eigenvalue weighted by Gasteiger charge is 2.51. The summed E-state index contributed by atoms with van der Waals surface area (Å²) in [6.45, 7) is 1.26. The summed E-state index contributed by atoms with van der Waals surface area (Å²) in [5.41, 5.74) is 1.46. The Morgan fingerprint density at radius 2 is 1.60 bits per heavy atom. The summed E-state index contributed by atoms with van der Waals surface area (Å²) in [6.07, 6.45) is -4.69. The number of hydrogen-bond donors (Lipinski definition) is 0. The lowest BCUT2D eigenvalue weighted by atomic mass is 10.00. The van der Waals surface area contributed by atoms with E-state index in [1.54, 1.807) is 42.5 Å². The molecule has 0 bridgehead atoms. The van der Waals surface area contributed by atoms with E-state index in [9.17, 15) is 21.6 Å². The minimum absolute atomic E-state index is 0.0156. The second-order valence-electron chi connectivity index (χ2n) is 6.29. The largest absolute Gasteiger partial charge is 0.393 e. The molecule has 0 radical (unpaired) electrons. The lowest BCUT2D eigenvalue weighted by Crippen LogP contribution is -2.33. The van der Waals surface area contributed by atoms with Crippen LogP contribution in [0.25, 0.3) is 0 Å². The topological polar surface area (TPSA) is 37.4 Å². The smallest absolute Gasteiger partial charge is 0.207 e. The number of hydrogen-bond acceptors (Lipinski definition) is 2. The van der Waals surface area contributed by atoms with Crippen molar-refractivity contribution < 1.29 is 21.6 Å². The van der Waals surface area contributed by atoms with Crippen molar-refractivity contribution in [1.29, 1.82) is 0 Å². The molecule has 0 amide bonds. The van der Waals surface area contributed by atoms with Gasteiger partial charge in [-0.2, -0.15) is 17.5 Å². The van der Waals surface area contributed by atoms with E-state index in [2.05, 4.69) is 0 Å². The lowest BCUT2D eigenvalue weighted by Gasteiger charge is -2.24. The summed E-state index contributed by atoms with van der Waals surface area (Å²) >= 11 is 0. The Kier molecular flexibility index (Phi) is 4.64. The van der Waals surface area contributed by atoms with Gasteiger partial charge in [0.1, 0.15) is 0 Å². The normalized spacial score (nSPS) is 22.2. The minimum Gasteiger partial charge on any atom is -0.207 e. The molecule has 25 heavy (non-hydrogen) atoms. The van der Waals surface area contributed by atoms with Crippen molar-refractivity contribution in [1.82, 2.24) is 4.31 Å². The van der Waals surface area contributed by atoms with Crippen molar-refractivity contribution in [3.05, 3.63) is 65.7 Å². The van der Waals surface area contributed by atoms with Crippen LogP contribution in [-0.2, 0) is 10.0 Å². The van der Waals surface area contributed by atoms with Gasteiger partial charge in [0.2, 0.25) is 10.0 Å². The Morgan fingerprint density at radius 1 is 1.00 bits per heavy atom. The highest BCUT2D eigenvalue weighted by Crippen LogP contribution is 2.45. The Labute approximate surface area is 145 Å². The molecule has 2 aromatic rings. The summed E-state index contributed by atoms with van der Waals surface area (Å²) in [5, 5.41) is 0. The van der Waals surface area contributed by atoms with Crippen molar-refractivity contribution in [2.45, 2.75) is 30.5 Å². The molecule has 1 aliphatic heterocycles. The van der Waals surface area contributed by atoms with Crippen LogP contribution in [0.2, 0.25) is 0 Å². The second kappa shape index (κ2) is 6.46. The lowest BCUT2D eigenvalue weighted by molar-refractivity contribution is -0.169. The summed E-state index contributed by atoms with van der Waals surface area (Å²) in [5.74, 6) is -1.67. The van der Waals surface area contributed by atoms with Crippen LogP contribution in [0.1, 0.15) is 23.6 Å². The van der Waals surface area contributed by atoms with Crippen LogP contribution < -0.4 is 0 Å². The maximum atomic E-state index is 13.2. The molecule has 134 valence electrons. The fourth-order valence-electron chi connectivity index (χ4n) is 3.13. The zero-order chi connectivity index (χ0) is 18.2. The first-order valence-corrected chi connectivity index (χ1v) is 9.34. The molecule has 0 saturated carbocycles. The molecular formula is C18H18F3NO2S. The zero-order valence-electron chi connectivity index (χ0n) is 13.6. The molecule has 2 atom stereocenters. The van der Waals surface area contributed by atoms with E-state index in [0.29, 0.717) is 5.56 Å². The first-order chi connectivity index (χ1) is 11.7. The maximum absolute atomic E-state index is 13.2. The molecule has 2 unspecified atom stereocenters. The molecule has 0 N–H and O–H groups in total. The summed E-state index contributed by atoms with van der Waals surface area (Å²) in [6, 6.07) is 13.8. The van der Waals surface area contributed by atoms with Crippen LogP contribution in [0.3, 0.4) is 0 Å². The SMILES string of the molecule is Cc1ccc(S(=O)(=O)N2CC(C(F)(F)F)CC2c2ccccc2)cc1. The van der Waals surface area contributed by atoms with Gasteiger partial charge in [-0.3, -0.25) is 0 Å². The Morgan fingerprint density at radius 3 is 2.16 bits per heavy atom. The third kappa shape index (κ3) is 3.57. The second-order valence-corrected chi connectivity index (χ2v) is 8.18. The number of benzene rings is 2. The van der Waals surface area contributed by atoms with Crippen LogP contribution in [0.4, 0.5) is 13.2 Å². The molecule has 3 nitrogen and oxygen atoms in total. The Bertz CT molecular complexity index is 833. The number of halogens is 3. The van der Waals surface area contributed by atoms with Gasteiger partial charge in [-0.1, -0.05) is 48.0 Å². The van der Waals surface area contributed by atoms with Gasteiger partial charge >= 0.3 is 6.18 Å². The van der Waals surface area contributed by atoms with Crippen molar-refractivity contribution in [3.8, 4) is 0 Å². The molecular weight excluding hydrogens is 351 g/mol. The van der Waals surface area contributed by atoms with Gasteiger partial charge in [-0.25, -0.2) is 8.42 Å². The van der Waals surface area contributed by atoms with E-state index in [1.165, 1.54) is 12.1 Å². The fraction of sp³-hybridized carbons (Fsp3) is 0.333. The van der Waals surface area contributed by atoms with Gasteiger partial charge in [0.15, 0.2) is 0 Å². The van der Waals surface area contributed by atoms with Gasteiger partial charge in [-0.15, -0.1) is 0 Å². The van der Waals surface area contributed by atoms with Gasteiger partial charge in [0, 0.05) is 6.54 Å². The van der Waals surface area contributed by atoms with E-state index in [-0.39, 0.29) is 11.3 Å². The third-order valence-corrected chi connectivity index (χ3v) is 6.42. The van der Waals surface area contributed by atoms with Crippen LogP contribution in [0, 0.1) is 12.8 Å². The highest BCUT2D eigenvalue weighted by atomic mass is 32.2. The summed E-state index contributed by atoms with van der Waals surface area (Å²) in [7, 11) is -4.01. The van der Waals surface area contributed by atoms with Gasteiger partial charge < -0.3 is 0 Å². The van der Waals surface area contributed by atoms with Crippen molar-refractivity contribution in [2.24, 2.45) is 5.92 Å².